The summed E-state index contributed by atoms with van der Waals surface area (Å²) >= 11 is 0. The van der Waals surface area contributed by atoms with E-state index < -0.39 is 0 Å². The fourth-order valence-electron chi connectivity index (χ4n) is 6.37. The van der Waals surface area contributed by atoms with Gasteiger partial charge in [-0.25, -0.2) is 0 Å². The molecule has 0 bridgehead atoms. The number of hydrogen-bond acceptors (Lipinski definition) is 5. The number of ether oxygens (including phenoxy) is 1. The average Bonchev–Trinajstić information content (AvgIpc) is 3.05. The summed E-state index contributed by atoms with van der Waals surface area (Å²) in [6, 6.07) is 14.4. The van der Waals surface area contributed by atoms with Gasteiger partial charge in [0.15, 0.2) is 0 Å². The largest absolute Gasteiger partial charge is 0.379 e. The van der Waals surface area contributed by atoms with Gasteiger partial charge in [0.1, 0.15) is 0 Å². The summed E-state index contributed by atoms with van der Waals surface area (Å²) in [6.07, 6.45) is 16.3. The van der Waals surface area contributed by atoms with Gasteiger partial charge in [-0.15, -0.1) is 0 Å². The van der Waals surface area contributed by atoms with E-state index in [0.717, 1.165) is 77.3 Å². The Morgan fingerprint density at radius 3 is 2.20 bits per heavy atom. The molecule has 0 atom stereocenters. The lowest BCUT2D eigenvalue weighted by atomic mass is 9.98. The van der Waals surface area contributed by atoms with Crippen LogP contribution in [-0.2, 0) is 22.5 Å². The number of carbonyl (C=O) groups is 2. The summed E-state index contributed by atoms with van der Waals surface area (Å²) in [4.78, 5) is 31.0. The Hall–Kier alpha value is -2.90. The van der Waals surface area contributed by atoms with Crippen LogP contribution >= 0.6 is 0 Å². The second kappa shape index (κ2) is 19.5. The Morgan fingerprint density at radius 2 is 1.48 bits per heavy atom. The normalized spacial score (nSPS) is 15.2. The highest BCUT2D eigenvalue weighted by molar-refractivity contribution is 6.02. The van der Waals surface area contributed by atoms with Crippen molar-refractivity contribution in [2.75, 3.05) is 56.2 Å². The first kappa shape index (κ1) is 34.0. The number of nitrogens with zero attached hydrogens (tertiary/aromatic N) is 2. The van der Waals surface area contributed by atoms with Crippen molar-refractivity contribution >= 4 is 23.2 Å². The minimum Gasteiger partial charge on any atom is -0.379 e. The highest BCUT2D eigenvalue weighted by atomic mass is 16.5. The maximum atomic E-state index is 13.5. The van der Waals surface area contributed by atoms with Crippen LogP contribution in [0.1, 0.15) is 112 Å². The molecule has 1 saturated heterocycles. The predicted octanol–water partition coefficient (Wildman–Crippen LogP) is 7.34. The number of morpholine rings is 1. The molecule has 242 valence electrons. The molecule has 7 heteroatoms. The van der Waals surface area contributed by atoms with Crippen molar-refractivity contribution in [2.24, 2.45) is 0 Å². The van der Waals surface area contributed by atoms with Gasteiger partial charge in [0.25, 0.3) is 5.91 Å². The predicted molar refractivity (Wildman–Crippen MR) is 182 cm³/mol. The Kier molecular flexibility index (Phi) is 15.0. The summed E-state index contributed by atoms with van der Waals surface area (Å²) in [5.41, 5.74) is 4.93. The summed E-state index contributed by atoms with van der Waals surface area (Å²) in [7, 11) is 0. The molecular weight excluding hydrogens is 548 g/mol. The van der Waals surface area contributed by atoms with Crippen LogP contribution in [-0.4, -0.2) is 62.7 Å². The Bertz CT molecular complexity index is 1150. The Morgan fingerprint density at radius 1 is 0.795 bits per heavy atom. The van der Waals surface area contributed by atoms with Crippen molar-refractivity contribution in [3.8, 4) is 0 Å². The molecule has 2 aromatic rings. The van der Waals surface area contributed by atoms with Crippen molar-refractivity contribution < 1.29 is 14.3 Å². The van der Waals surface area contributed by atoms with E-state index >= 15 is 0 Å². The van der Waals surface area contributed by atoms with Gasteiger partial charge in [0.2, 0.25) is 5.91 Å². The van der Waals surface area contributed by atoms with Crippen LogP contribution in [0, 0.1) is 0 Å². The zero-order chi connectivity index (χ0) is 30.8. The fourth-order valence-corrected chi connectivity index (χ4v) is 6.37. The third-order valence-corrected chi connectivity index (χ3v) is 9.04. The van der Waals surface area contributed by atoms with Crippen molar-refractivity contribution in [2.45, 2.75) is 103 Å². The standard InChI is InChI=1S/C37H56N4O3/c1-2-3-4-5-6-7-8-9-10-11-12-18-36(42)39-33-19-20-35(41-24-21-31-16-13-14-17-32(31)30-41)34(29-33)37(43)38-22-15-23-40-25-27-44-28-26-40/h13-14,16-17,19-20,29H,2-12,15,18,21-28,30H2,1H3,(H,38,43)(H,39,42). The number of fused-ring (bicyclic) bond motifs is 1. The van der Waals surface area contributed by atoms with Gasteiger partial charge in [-0.05, 0) is 55.1 Å². The number of rotatable bonds is 19. The Balaban J connectivity index is 1.27. The highest BCUT2D eigenvalue weighted by Gasteiger charge is 2.22. The molecule has 2 aliphatic heterocycles. The molecule has 2 heterocycles. The first-order valence-corrected chi connectivity index (χ1v) is 17.5. The van der Waals surface area contributed by atoms with Gasteiger partial charge in [-0.2, -0.15) is 0 Å². The molecule has 2 N–H and O–H groups in total. The van der Waals surface area contributed by atoms with Crippen LogP contribution in [0.5, 0.6) is 0 Å². The first-order valence-electron chi connectivity index (χ1n) is 17.5. The van der Waals surface area contributed by atoms with Gasteiger partial charge < -0.3 is 20.3 Å². The molecule has 1 fully saturated rings. The zero-order valence-corrected chi connectivity index (χ0v) is 27.2. The molecule has 44 heavy (non-hydrogen) atoms. The van der Waals surface area contributed by atoms with E-state index in [9.17, 15) is 9.59 Å². The van der Waals surface area contributed by atoms with Crippen LogP contribution < -0.4 is 15.5 Å². The summed E-state index contributed by atoms with van der Waals surface area (Å²) in [5, 5.41) is 6.23. The van der Waals surface area contributed by atoms with Gasteiger partial charge in [0, 0.05) is 50.5 Å². The quantitative estimate of drug-likeness (QED) is 0.164. The number of anilines is 2. The smallest absolute Gasteiger partial charge is 0.253 e. The van der Waals surface area contributed by atoms with E-state index in [2.05, 4.69) is 51.6 Å². The van der Waals surface area contributed by atoms with Crippen molar-refractivity contribution in [1.29, 1.82) is 0 Å². The third kappa shape index (κ3) is 11.6. The van der Waals surface area contributed by atoms with E-state index in [1.807, 2.05) is 18.2 Å². The van der Waals surface area contributed by atoms with E-state index in [0.29, 0.717) is 24.2 Å². The second-order valence-corrected chi connectivity index (χ2v) is 12.6. The molecule has 0 spiro atoms. The first-order chi connectivity index (χ1) is 21.6. The van der Waals surface area contributed by atoms with E-state index in [4.69, 9.17) is 4.74 Å². The van der Waals surface area contributed by atoms with Gasteiger partial charge in [0.05, 0.1) is 18.8 Å². The fraction of sp³-hybridized carbons (Fsp3) is 0.622. The molecule has 2 aliphatic rings. The Labute approximate surface area is 266 Å². The number of hydrogen-bond donors (Lipinski definition) is 2. The van der Waals surface area contributed by atoms with Gasteiger partial charge in [-0.3, -0.25) is 14.5 Å². The van der Waals surface area contributed by atoms with Crippen molar-refractivity contribution in [3.63, 3.8) is 0 Å². The van der Waals surface area contributed by atoms with E-state index in [1.54, 1.807) is 0 Å². The molecule has 0 unspecified atom stereocenters. The molecule has 4 rings (SSSR count). The van der Waals surface area contributed by atoms with Gasteiger partial charge >= 0.3 is 0 Å². The molecular formula is C37H56N4O3. The van der Waals surface area contributed by atoms with Crippen molar-refractivity contribution in [1.82, 2.24) is 10.2 Å². The number of benzene rings is 2. The second-order valence-electron chi connectivity index (χ2n) is 12.6. The number of carbonyl (C=O) groups excluding carboxylic acids is 2. The summed E-state index contributed by atoms with van der Waals surface area (Å²) in [5.74, 6) is -0.0558. The van der Waals surface area contributed by atoms with Crippen LogP contribution in [0.25, 0.3) is 0 Å². The molecule has 7 nitrogen and oxygen atoms in total. The number of nitrogens with one attached hydrogen (secondary N) is 2. The molecule has 0 radical (unpaired) electrons. The molecule has 2 aromatic carbocycles. The minimum atomic E-state index is -0.0812. The monoisotopic (exact) mass is 604 g/mol. The SMILES string of the molecule is CCCCCCCCCCCCCC(=O)Nc1ccc(N2CCc3ccccc3C2)c(C(=O)NCCCN2CCOCC2)c1. The van der Waals surface area contributed by atoms with Crippen molar-refractivity contribution in [3.05, 3.63) is 59.2 Å². The van der Waals surface area contributed by atoms with Crippen LogP contribution in [0.2, 0.25) is 0 Å². The highest BCUT2D eigenvalue weighted by Crippen LogP contribution is 2.30. The van der Waals surface area contributed by atoms with Gasteiger partial charge in [-0.1, -0.05) is 95.4 Å². The molecule has 0 aromatic heterocycles. The zero-order valence-electron chi connectivity index (χ0n) is 27.2. The molecule has 0 aliphatic carbocycles. The van der Waals surface area contributed by atoms with Crippen LogP contribution in [0.4, 0.5) is 11.4 Å². The lowest BCUT2D eigenvalue weighted by molar-refractivity contribution is -0.116. The van der Waals surface area contributed by atoms with Crippen LogP contribution in [0.15, 0.2) is 42.5 Å². The molecule has 0 saturated carbocycles. The number of unbranched alkanes of at least 4 members (excludes halogenated alkanes) is 10. The minimum absolute atomic E-state index is 0.0254. The molecule has 2 amide bonds. The maximum absolute atomic E-state index is 13.5. The van der Waals surface area contributed by atoms with Crippen LogP contribution in [0.3, 0.4) is 0 Å². The summed E-state index contributed by atoms with van der Waals surface area (Å²) in [6.45, 7) is 8.95. The van der Waals surface area contributed by atoms with E-state index in [1.165, 1.54) is 68.9 Å². The average molecular weight is 605 g/mol. The summed E-state index contributed by atoms with van der Waals surface area (Å²) < 4.78 is 5.45. The topological polar surface area (TPSA) is 73.9 Å². The lowest BCUT2D eigenvalue weighted by Crippen LogP contribution is -2.38. The van der Waals surface area contributed by atoms with E-state index in [-0.39, 0.29) is 11.8 Å². The lowest BCUT2D eigenvalue weighted by Gasteiger charge is -2.32. The number of amides is 2. The third-order valence-electron chi connectivity index (χ3n) is 9.04. The maximum Gasteiger partial charge on any atom is 0.253 e.